The van der Waals surface area contributed by atoms with Crippen molar-refractivity contribution >= 4 is 60.4 Å². The molecule has 0 aromatic carbocycles. The van der Waals surface area contributed by atoms with Crippen molar-refractivity contribution in [2.45, 2.75) is 27.2 Å². The van der Waals surface area contributed by atoms with Crippen LogP contribution in [0.4, 0.5) is 0 Å². The van der Waals surface area contributed by atoms with Crippen LogP contribution in [0.1, 0.15) is 27.2 Å². The average molecular weight is 176 g/mol. The molecule has 0 aliphatic rings. The van der Waals surface area contributed by atoms with Gasteiger partial charge in [0.2, 0.25) is 0 Å². The van der Waals surface area contributed by atoms with Gasteiger partial charge in [-0.1, -0.05) is 20.8 Å². The second-order valence-corrected chi connectivity index (χ2v) is 2.30. The molecular formula is C7H14LiNaO3. The Bertz CT molecular complexity index is 148. The number of esters is 2. The molecule has 0 aromatic heterocycles. The molecule has 0 fully saturated rings. The van der Waals surface area contributed by atoms with Crippen molar-refractivity contribution in [2.24, 2.45) is 5.92 Å². The van der Waals surface area contributed by atoms with E-state index in [1.54, 1.807) is 20.8 Å². The number of hydrogen-bond acceptors (Lipinski definition) is 3. The Morgan fingerprint density at radius 2 is 1.75 bits per heavy atom. The first-order valence-electron chi connectivity index (χ1n) is 3.32. The van der Waals surface area contributed by atoms with Crippen molar-refractivity contribution in [2.75, 3.05) is 0 Å². The van der Waals surface area contributed by atoms with Crippen molar-refractivity contribution in [3.63, 3.8) is 0 Å². The molecule has 0 heterocycles. The van der Waals surface area contributed by atoms with Crippen LogP contribution in [0.5, 0.6) is 0 Å². The van der Waals surface area contributed by atoms with E-state index in [4.69, 9.17) is 0 Å². The summed E-state index contributed by atoms with van der Waals surface area (Å²) in [6.07, 6.45) is 0.248. The van der Waals surface area contributed by atoms with Crippen LogP contribution in [-0.4, -0.2) is 60.4 Å². The summed E-state index contributed by atoms with van der Waals surface area (Å²) in [7, 11) is 0. The predicted octanol–water partition coefficient (Wildman–Crippen LogP) is -0.175. The number of rotatable bonds is 2. The molecule has 0 unspecified atom stereocenters. The fourth-order valence-corrected chi connectivity index (χ4v) is 0.302. The average Bonchev–Trinajstić information content (AvgIpc) is 1.87. The minimum atomic E-state index is -0.460. The molecular weight excluding hydrogens is 162 g/mol. The molecule has 0 aliphatic carbocycles. The molecule has 0 N–H and O–H groups in total. The zero-order chi connectivity index (χ0) is 8.15. The van der Waals surface area contributed by atoms with E-state index in [0.717, 1.165) is 0 Å². The zero-order valence-electron chi connectivity index (χ0n) is 6.51. The van der Waals surface area contributed by atoms with Crippen LogP contribution < -0.4 is 0 Å². The van der Waals surface area contributed by atoms with Crippen LogP contribution in [0.2, 0.25) is 0 Å². The van der Waals surface area contributed by atoms with Crippen LogP contribution in [-0.2, 0) is 14.3 Å². The fourth-order valence-electron chi connectivity index (χ4n) is 0.302. The van der Waals surface area contributed by atoms with Crippen LogP contribution in [0, 0.1) is 5.92 Å². The Morgan fingerprint density at radius 3 is 2.00 bits per heavy atom. The van der Waals surface area contributed by atoms with Gasteiger partial charge >= 0.3 is 60.4 Å². The first kappa shape index (κ1) is 18.5. The molecule has 0 atom stereocenters. The second kappa shape index (κ2) is 9.82. The number of hydrogen-bond donors (Lipinski definition) is 0. The maximum atomic E-state index is 10.7. The monoisotopic (exact) mass is 176 g/mol. The molecule has 0 bridgehead atoms. The van der Waals surface area contributed by atoms with Gasteiger partial charge < -0.3 is 4.74 Å². The van der Waals surface area contributed by atoms with Gasteiger partial charge in [-0.3, -0.25) is 9.59 Å². The molecule has 0 aromatic rings. The Labute approximate surface area is 107 Å². The van der Waals surface area contributed by atoms with Crippen LogP contribution in [0.3, 0.4) is 0 Å². The van der Waals surface area contributed by atoms with E-state index in [9.17, 15) is 9.59 Å². The summed E-state index contributed by atoms with van der Waals surface area (Å²) in [6, 6.07) is 0. The van der Waals surface area contributed by atoms with E-state index in [-0.39, 0.29) is 60.8 Å². The van der Waals surface area contributed by atoms with Gasteiger partial charge in [-0.15, -0.1) is 0 Å². The van der Waals surface area contributed by atoms with Gasteiger partial charge in [-0.05, 0) is 0 Å². The summed E-state index contributed by atoms with van der Waals surface area (Å²) < 4.78 is 4.38. The van der Waals surface area contributed by atoms with E-state index >= 15 is 0 Å². The van der Waals surface area contributed by atoms with Gasteiger partial charge in [-0.2, -0.15) is 0 Å². The van der Waals surface area contributed by atoms with Crippen molar-refractivity contribution in [3.8, 4) is 0 Å². The molecule has 3 nitrogen and oxygen atoms in total. The minimum absolute atomic E-state index is 0. The topological polar surface area (TPSA) is 43.4 Å². The number of carbonyl (C=O) groups excluding carboxylic acids is 2. The molecule has 0 aliphatic heterocycles. The van der Waals surface area contributed by atoms with E-state index < -0.39 is 11.9 Å². The normalized spacial score (nSPS) is 8.00. The first-order valence-corrected chi connectivity index (χ1v) is 3.32. The summed E-state index contributed by atoms with van der Waals surface area (Å²) in [5.41, 5.74) is 0. The Balaban J connectivity index is -0.000000405. The Hall–Kier alpha value is 0.737. The van der Waals surface area contributed by atoms with Crippen LogP contribution in [0.25, 0.3) is 0 Å². The van der Waals surface area contributed by atoms with Crippen molar-refractivity contribution in [3.05, 3.63) is 0 Å². The van der Waals surface area contributed by atoms with Gasteiger partial charge in [0, 0.05) is 6.42 Å². The molecule has 0 amide bonds. The van der Waals surface area contributed by atoms with Gasteiger partial charge in [0.25, 0.3) is 0 Å². The van der Waals surface area contributed by atoms with E-state index in [1.165, 1.54) is 0 Å². The van der Waals surface area contributed by atoms with Crippen LogP contribution >= 0.6 is 0 Å². The van der Waals surface area contributed by atoms with Crippen molar-refractivity contribution < 1.29 is 14.3 Å². The number of ether oxygens (including phenoxy) is 1. The predicted molar refractivity (Wildman–Crippen MR) is 50.5 cm³/mol. The SMILES string of the molecule is CCC(=O)OC(=O)C(C)C.[LiH].[NaH]. The zero-order valence-corrected chi connectivity index (χ0v) is 6.51. The molecule has 0 saturated heterocycles. The summed E-state index contributed by atoms with van der Waals surface area (Å²) >= 11 is 0. The molecule has 12 heavy (non-hydrogen) atoms. The third-order valence-corrected chi connectivity index (χ3v) is 0.975. The third kappa shape index (κ3) is 8.83. The number of carbonyl (C=O) groups is 2. The molecule has 5 heteroatoms. The standard InChI is InChI=1S/C7H12O3.Li.Na.2H/c1-4-6(8)10-7(9)5(2)3;;;;/h5H,4H2,1-3H3;;;;. The third-order valence-electron chi connectivity index (χ3n) is 0.975. The molecule has 0 radical (unpaired) electrons. The van der Waals surface area contributed by atoms with Gasteiger partial charge in [-0.25, -0.2) is 0 Å². The van der Waals surface area contributed by atoms with Crippen LogP contribution in [0.15, 0.2) is 0 Å². The Morgan fingerprint density at radius 1 is 1.33 bits per heavy atom. The van der Waals surface area contributed by atoms with Crippen molar-refractivity contribution in [1.29, 1.82) is 0 Å². The van der Waals surface area contributed by atoms with Gasteiger partial charge in [0.05, 0.1) is 5.92 Å². The Kier molecular flexibility index (Phi) is 15.1. The molecule has 0 spiro atoms. The first-order chi connectivity index (χ1) is 4.57. The van der Waals surface area contributed by atoms with Gasteiger partial charge in [0.15, 0.2) is 0 Å². The second-order valence-electron chi connectivity index (χ2n) is 2.30. The van der Waals surface area contributed by atoms with Gasteiger partial charge in [0.1, 0.15) is 0 Å². The molecule has 0 rings (SSSR count). The van der Waals surface area contributed by atoms with E-state index in [0.29, 0.717) is 0 Å². The molecule has 0 saturated carbocycles. The summed E-state index contributed by atoms with van der Waals surface area (Å²) in [6.45, 7) is 5.02. The van der Waals surface area contributed by atoms with Crippen molar-refractivity contribution in [1.82, 2.24) is 0 Å². The maximum absolute atomic E-state index is 10.7. The summed E-state index contributed by atoms with van der Waals surface area (Å²) in [5.74, 6) is -1.14. The quantitative estimate of drug-likeness (QED) is 0.333. The fraction of sp³-hybridized carbons (Fsp3) is 0.714. The molecule has 62 valence electrons. The van der Waals surface area contributed by atoms with E-state index in [2.05, 4.69) is 4.74 Å². The van der Waals surface area contributed by atoms with E-state index in [1.807, 2.05) is 0 Å². The summed E-state index contributed by atoms with van der Waals surface area (Å²) in [4.78, 5) is 21.2. The summed E-state index contributed by atoms with van der Waals surface area (Å²) in [5, 5.41) is 0.